The molecule has 3 heteroatoms. The molecule has 0 atom stereocenters. The number of aliphatic hydroxyl groups excluding tert-OH is 1. The molecule has 2 N–H and O–H groups in total. The zero-order valence-corrected chi connectivity index (χ0v) is 5.79. The van der Waals surface area contributed by atoms with Gasteiger partial charge in [-0.3, -0.25) is 0 Å². The Kier molecular flexibility index (Phi) is 2.34. The van der Waals surface area contributed by atoms with Gasteiger partial charge in [0.15, 0.2) is 6.04 Å². The van der Waals surface area contributed by atoms with Gasteiger partial charge in [0.05, 0.1) is 13.7 Å². The number of allylic oxidation sites excluding steroid dienone is 2. The van der Waals surface area contributed by atoms with Crippen molar-refractivity contribution in [1.29, 1.82) is 0 Å². The van der Waals surface area contributed by atoms with E-state index in [0.29, 0.717) is 11.8 Å². The molecule has 0 amide bonds. The zero-order valence-electron chi connectivity index (χ0n) is 5.79. The van der Waals surface area contributed by atoms with Crippen molar-refractivity contribution in [2.24, 2.45) is 0 Å². The normalized spacial score (nSPS) is 18.0. The van der Waals surface area contributed by atoms with E-state index in [1.54, 1.807) is 19.4 Å². The lowest BCUT2D eigenvalue weighted by Gasteiger charge is -2.18. The quantitative estimate of drug-likeness (QED) is 0.574. The van der Waals surface area contributed by atoms with Gasteiger partial charge in [-0.2, -0.15) is 0 Å². The molecule has 0 aromatic rings. The third-order valence-corrected chi connectivity index (χ3v) is 1.28. The van der Waals surface area contributed by atoms with Gasteiger partial charge in [0, 0.05) is 0 Å². The van der Waals surface area contributed by atoms with E-state index in [4.69, 9.17) is 9.84 Å². The topological polar surface area (TPSA) is 41.5 Å². The number of ether oxygens (including phenoxy) is 1. The first-order valence-corrected chi connectivity index (χ1v) is 3.03. The highest BCUT2D eigenvalue weighted by atomic mass is 16.5. The Bertz CT molecular complexity index is 163. The lowest BCUT2D eigenvalue weighted by atomic mass is 10.2. The van der Waals surface area contributed by atoms with Gasteiger partial charge in [-0.05, 0) is 18.4 Å². The second kappa shape index (κ2) is 3.27. The Labute approximate surface area is 60.0 Å². The first kappa shape index (κ1) is 7.15. The zero-order chi connectivity index (χ0) is 7.40. The predicted octanol–water partition coefficient (Wildman–Crippen LogP) is 0.158. The van der Waals surface area contributed by atoms with Crippen molar-refractivity contribution in [2.75, 3.05) is 13.7 Å². The summed E-state index contributed by atoms with van der Waals surface area (Å²) in [6.45, 7) is -0.0238. The molecular formula is C7H10NO2. The van der Waals surface area contributed by atoms with Crippen LogP contribution in [0.1, 0.15) is 0 Å². The molecule has 0 aromatic carbocycles. The summed E-state index contributed by atoms with van der Waals surface area (Å²) in [5.74, 6) is 0.685. The van der Waals surface area contributed by atoms with Gasteiger partial charge in [-0.15, -0.1) is 0 Å². The summed E-state index contributed by atoms with van der Waals surface area (Å²) in [7, 11) is 1.57. The lowest BCUT2D eigenvalue weighted by Crippen LogP contribution is -2.23. The molecule has 1 aliphatic heterocycles. The van der Waals surface area contributed by atoms with Crippen LogP contribution in [-0.4, -0.2) is 18.8 Å². The average Bonchev–Trinajstić information content (AvgIpc) is 2.04. The molecule has 10 heavy (non-hydrogen) atoms. The van der Waals surface area contributed by atoms with Gasteiger partial charge in [-0.25, -0.2) is 0 Å². The van der Waals surface area contributed by atoms with Crippen LogP contribution in [-0.2, 0) is 4.74 Å². The molecule has 0 fully saturated rings. The van der Waals surface area contributed by atoms with Crippen molar-refractivity contribution in [2.45, 2.75) is 0 Å². The number of hydrogen-bond donors (Lipinski definition) is 2. The molecule has 0 bridgehead atoms. The minimum atomic E-state index is -0.0238. The van der Waals surface area contributed by atoms with Gasteiger partial charge >= 0.3 is 0 Å². The molecule has 0 saturated heterocycles. The maximum atomic E-state index is 8.74. The summed E-state index contributed by atoms with van der Waals surface area (Å²) in [6, 6.07) is 0.699. The minimum absolute atomic E-state index is 0.0238. The fourth-order valence-corrected chi connectivity index (χ4v) is 0.771. The largest absolute Gasteiger partial charge is 0.498 e. The monoisotopic (exact) mass is 140 g/mol. The van der Waals surface area contributed by atoms with E-state index in [1.165, 1.54) is 0 Å². The average molecular weight is 140 g/mol. The maximum Gasteiger partial charge on any atom is 0.151 e. The highest BCUT2D eigenvalue weighted by Gasteiger charge is 2.14. The van der Waals surface area contributed by atoms with E-state index in [-0.39, 0.29) is 6.61 Å². The first-order chi connectivity index (χ1) is 4.88. The van der Waals surface area contributed by atoms with Crippen molar-refractivity contribution < 1.29 is 9.84 Å². The molecule has 0 spiro atoms. The van der Waals surface area contributed by atoms with E-state index >= 15 is 0 Å². The van der Waals surface area contributed by atoms with Crippen LogP contribution in [0.3, 0.4) is 0 Å². The van der Waals surface area contributed by atoms with Crippen LogP contribution < -0.4 is 5.32 Å². The summed E-state index contributed by atoms with van der Waals surface area (Å²) >= 11 is 0. The second-order valence-corrected chi connectivity index (χ2v) is 1.88. The molecule has 1 radical (unpaired) electrons. The molecule has 55 valence electrons. The van der Waals surface area contributed by atoms with Gasteiger partial charge in [0.2, 0.25) is 0 Å². The number of nitrogens with one attached hydrogen (secondary N) is 1. The number of methoxy groups -OCH3 is 1. The van der Waals surface area contributed by atoms with Crippen molar-refractivity contribution >= 4 is 0 Å². The Balaban J connectivity index is 2.61. The summed E-state index contributed by atoms with van der Waals surface area (Å²) in [6.07, 6.45) is 5.36. The highest BCUT2D eigenvalue weighted by molar-refractivity contribution is 5.27. The van der Waals surface area contributed by atoms with E-state index in [9.17, 15) is 0 Å². The molecule has 0 unspecified atom stereocenters. The lowest BCUT2D eigenvalue weighted by molar-refractivity contribution is 0.238. The van der Waals surface area contributed by atoms with Crippen LogP contribution in [0.2, 0.25) is 0 Å². The molecule has 3 nitrogen and oxygen atoms in total. The summed E-state index contributed by atoms with van der Waals surface area (Å²) in [4.78, 5) is 0. The van der Waals surface area contributed by atoms with Crippen molar-refractivity contribution in [3.05, 3.63) is 30.2 Å². The van der Waals surface area contributed by atoms with Crippen molar-refractivity contribution in [1.82, 2.24) is 5.32 Å². The molecule has 0 saturated carbocycles. The van der Waals surface area contributed by atoms with Gasteiger partial charge in [-0.1, -0.05) is 0 Å². The van der Waals surface area contributed by atoms with E-state index in [2.05, 4.69) is 5.32 Å². The minimum Gasteiger partial charge on any atom is -0.498 e. The first-order valence-electron chi connectivity index (χ1n) is 3.03. The summed E-state index contributed by atoms with van der Waals surface area (Å²) in [5, 5.41) is 11.6. The maximum absolute atomic E-state index is 8.74. The predicted molar refractivity (Wildman–Crippen MR) is 37.7 cm³/mol. The van der Waals surface area contributed by atoms with Crippen molar-refractivity contribution in [3.63, 3.8) is 0 Å². The van der Waals surface area contributed by atoms with Crippen LogP contribution in [0.4, 0.5) is 0 Å². The Morgan fingerprint density at radius 2 is 2.50 bits per heavy atom. The molecule has 1 aliphatic rings. The van der Waals surface area contributed by atoms with Crippen LogP contribution in [0.5, 0.6) is 0 Å². The highest BCUT2D eigenvalue weighted by Crippen LogP contribution is 2.13. The van der Waals surface area contributed by atoms with E-state index in [1.807, 2.05) is 6.08 Å². The van der Waals surface area contributed by atoms with E-state index < -0.39 is 0 Å². The Morgan fingerprint density at radius 3 is 3.00 bits per heavy atom. The summed E-state index contributed by atoms with van der Waals surface area (Å²) < 4.78 is 4.94. The molecular weight excluding hydrogens is 130 g/mol. The molecule has 1 rings (SSSR count). The summed E-state index contributed by atoms with van der Waals surface area (Å²) in [5.41, 5.74) is 0. The van der Waals surface area contributed by atoms with E-state index in [0.717, 1.165) is 0 Å². The number of aliphatic hydroxyl groups is 1. The number of rotatable bonds is 2. The van der Waals surface area contributed by atoms with Gasteiger partial charge in [0.1, 0.15) is 5.76 Å². The fourth-order valence-electron chi connectivity index (χ4n) is 0.771. The van der Waals surface area contributed by atoms with Crippen LogP contribution in [0.25, 0.3) is 0 Å². The van der Waals surface area contributed by atoms with Crippen LogP contribution in [0, 0.1) is 6.04 Å². The SMILES string of the molecule is COC1=CC=CN[C]1CO. The molecule has 1 heterocycles. The third kappa shape index (κ3) is 1.30. The molecule has 0 aromatic heterocycles. The third-order valence-electron chi connectivity index (χ3n) is 1.28. The Morgan fingerprint density at radius 1 is 1.70 bits per heavy atom. The Hall–Kier alpha value is -0.960. The fraction of sp³-hybridized carbons (Fsp3) is 0.286. The molecule has 0 aliphatic carbocycles. The number of dihydropyridines is 1. The standard InChI is InChI=1S/C7H10NO2/c1-10-7-3-2-4-8-6(7)5-9/h2-4,8-9H,5H2,1H3. The second-order valence-electron chi connectivity index (χ2n) is 1.88. The van der Waals surface area contributed by atoms with Crippen LogP contribution >= 0.6 is 0 Å². The van der Waals surface area contributed by atoms with Gasteiger partial charge in [0.25, 0.3) is 0 Å². The van der Waals surface area contributed by atoms with Crippen LogP contribution in [0.15, 0.2) is 24.1 Å². The number of hydrogen-bond acceptors (Lipinski definition) is 3. The smallest absolute Gasteiger partial charge is 0.151 e. The van der Waals surface area contributed by atoms with Gasteiger partial charge < -0.3 is 15.2 Å². The van der Waals surface area contributed by atoms with Crippen molar-refractivity contribution in [3.8, 4) is 0 Å².